The van der Waals surface area contributed by atoms with Crippen molar-refractivity contribution in [1.29, 1.82) is 0 Å². The highest BCUT2D eigenvalue weighted by Crippen LogP contribution is 2.17. The van der Waals surface area contributed by atoms with Gasteiger partial charge in [-0.1, -0.05) is 318 Å². The van der Waals surface area contributed by atoms with Crippen LogP contribution in [-0.2, 0) is 28.6 Å². The van der Waals surface area contributed by atoms with Crippen molar-refractivity contribution >= 4 is 17.9 Å². The Morgan fingerprint density at radius 2 is 0.553 bits per heavy atom. The maximum Gasteiger partial charge on any atom is 0.310 e. The highest BCUT2D eigenvalue weighted by molar-refractivity contribution is 5.72. The molecule has 0 aliphatic heterocycles. The number of allylic oxidation sites excluding steroid dienone is 11. The summed E-state index contributed by atoms with van der Waals surface area (Å²) in [5.41, 5.74) is 0. The zero-order chi connectivity index (χ0) is 55.0. The Morgan fingerprint density at radius 1 is 0.289 bits per heavy atom. The van der Waals surface area contributed by atoms with E-state index in [4.69, 9.17) is 14.2 Å². The lowest BCUT2D eigenvalue weighted by Crippen LogP contribution is -2.30. The summed E-state index contributed by atoms with van der Waals surface area (Å²) in [5.74, 6) is -1.03. The molecule has 0 aliphatic carbocycles. The Hall–Kier alpha value is -3.15. The van der Waals surface area contributed by atoms with Crippen LogP contribution >= 0.6 is 0 Å². The fourth-order valence-corrected chi connectivity index (χ4v) is 9.58. The number of rotatable bonds is 60. The SMILES string of the molecule is CC/C=C\C/C=C\C/C=C\C/C=C\C/C=C\CC(=O)OC(COC(=O)CCCCCCCCCC)COC(=O)CCCCCCCCCCCCCCCCCCCCCCCCC/C=C\CCCCCCCCCC. The molecule has 0 bridgehead atoms. The van der Waals surface area contributed by atoms with Crippen LogP contribution in [0.25, 0.3) is 0 Å². The fraction of sp³-hybridized carbons (Fsp3) is 0.786. The van der Waals surface area contributed by atoms with Crippen molar-refractivity contribution in [2.24, 2.45) is 0 Å². The monoisotopic (exact) mass is 1060 g/mol. The van der Waals surface area contributed by atoms with Crippen LogP contribution in [-0.4, -0.2) is 37.2 Å². The Bertz CT molecular complexity index is 1400. The lowest BCUT2D eigenvalue weighted by molar-refractivity contribution is -0.166. The van der Waals surface area contributed by atoms with E-state index in [2.05, 4.69) is 81.5 Å². The number of ether oxygens (including phenoxy) is 3. The third-order valence-electron chi connectivity index (χ3n) is 14.5. The maximum atomic E-state index is 12.8. The van der Waals surface area contributed by atoms with Crippen LogP contribution < -0.4 is 0 Å². The number of carbonyl (C=O) groups is 3. The molecule has 6 nitrogen and oxygen atoms in total. The second kappa shape index (κ2) is 64.4. The molecule has 0 spiro atoms. The summed E-state index contributed by atoms with van der Waals surface area (Å²) in [5, 5.41) is 0. The Balaban J connectivity index is 4.00. The van der Waals surface area contributed by atoms with Gasteiger partial charge < -0.3 is 14.2 Å². The van der Waals surface area contributed by atoms with E-state index in [1.165, 1.54) is 225 Å². The summed E-state index contributed by atoms with van der Waals surface area (Å²) in [7, 11) is 0. The first-order chi connectivity index (χ1) is 37.5. The summed E-state index contributed by atoms with van der Waals surface area (Å²) in [4.78, 5) is 38.0. The standard InChI is InChI=1S/C70H124O6/c1-4-7-10-13-16-19-21-23-25-26-27-28-29-30-31-32-33-34-35-36-37-38-39-40-41-42-43-44-46-47-49-51-54-57-60-63-69(72)75-66-67(65-74-68(71)62-59-56-53-18-15-12-9-6-3)76-70(73)64-61-58-55-52-50-48-45-24-22-20-17-14-11-8-5-2/h8,11,17,20,24,26-27,45,50,52,58,61,67H,4-7,9-10,12-16,18-19,21-23,25,28-44,46-49,51,53-57,59-60,62-66H2,1-3H3/b11-8-,20-17-,27-26-,45-24-,52-50-,61-58-. The van der Waals surface area contributed by atoms with Gasteiger partial charge >= 0.3 is 17.9 Å². The normalized spacial score (nSPS) is 12.5. The average Bonchev–Trinajstić information content (AvgIpc) is 3.42. The van der Waals surface area contributed by atoms with Gasteiger partial charge in [-0.2, -0.15) is 0 Å². The van der Waals surface area contributed by atoms with Gasteiger partial charge in [0.2, 0.25) is 0 Å². The molecule has 6 heteroatoms. The highest BCUT2D eigenvalue weighted by atomic mass is 16.6. The van der Waals surface area contributed by atoms with E-state index >= 15 is 0 Å². The number of carbonyl (C=O) groups excluding carboxylic acids is 3. The van der Waals surface area contributed by atoms with Gasteiger partial charge in [0.05, 0.1) is 6.42 Å². The first-order valence-corrected chi connectivity index (χ1v) is 32.9. The van der Waals surface area contributed by atoms with Gasteiger partial charge in [0.15, 0.2) is 6.10 Å². The molecule has 0 radical (unpaired) electrons. The topological polar surface area (TPSA) is 78.9 Å². The van der Waals surface area contributed by atoms with Crippen LogP contribution in [0.3, 0.4) is 0 Å². The quantitative estimate of drug-likeness (QED) is 0.0261. The fourth-order valence-electron chi connectivity index (χ4n) is 9.58. The zero-order valence-electron chi connectivity index (χ0n) is 50.5. The van der Waals surface area contributed by atoms with E-state index in [-0.39, 0.29) is 31.6 Å². The minimum atomic E-state index is -0.825. The summed E-state index contributed by atoms with van der Waals surface area (Å²) in [6.07, 6.45) is 84.3. The van der Waals surface area contributed by atoms with Crippen LogP contribution in [0.5, 0.6) is 0 Å². The van der Waals surface area contributed by atoms with E-state index in [1.54, 1.807) is 6.08 Å². The largest absolute Gasteiger partial charge is 0.462 e. The molecule has 1 unspecified atom stereocenters. The predicted octanol–water partition coefficient (Wildman–Crippen LogP) is 22.5. The van der Waals surface area contributed by atoms with Crippen molar-refractivity contribution in [1.82, 2.24) is 0 Å². The smallest absolute Gasteiger partial charge is 0.310 e. The van der Waals surface area contributed by atoms with Gasteiger partial charge in [0.1, 0.15) is 13.2 Å². The van der Waals surface area contributed by atoms with Crippen molar-refractivity contribution in [3.05, 3.63) is 72.9 Å². The van der Waals surface area contributed by atoms with Crippen molar-refractivity contribution in [2.75, 3.05) is 13.2 Å². The van der Waals surface area contributed by atoms with Crippen molar-refractivity contribution in [2.45, 2.75) is 341 Å². The first kappa shape index (κ1) is 72.8. The average molecular weight is 1060 g/mol. The molecular weight excluding hydrogens is 937 g/mol. The number of esters is 3. The molecule has 0 fully saturated rings. The van der Waals surface area contributed by atoms with Gasteiger partial charge in [-0.15, -0.1) is 0 Å². The second-order valence-electron chi connectivity index (χ2n) is 22.0. The first-order valence-electron chi connectivity index (χ1n) is 32.9. The molecule has 0 aromatic rings. The maximum absolute atomic E-state index is 12.8. The van der Waals surface area contributed by atoms with E-state index in [0.717, 1.165) is 70.6 Å². The zero-order valence-corrected chi connectivity index (χ0v) is 50.5. The Kier molecular flexibility index (Phi) is 61.7. The summed E-state index contributed by atoms with van der Waals surface area (Å²) >= 11 is 0. The second-order valence-corrected chi connectivity index (χ2v) is 22.0. The molecule has 440 valence electrons. The van der Waals surface area contributed by atoms with E-state index in [1.807, 2.05) is 6.08 Å². The van der Waals surface area contributed by atoms with Crippen LogP contribution in [0.1, 0.15) is 335 Å². The highest BCUT2D eigenvalue weighted by Gasteiger charge is 2.19. The molecule has 0 saturated carbocycles. The van der Waals surface area contributed by atoms with Crippen molar-refractivity contribution in [3.8, 4) is 0 Å². The lowest BCUT2D eigenvalue weighted by Gasteiger charge is -2.18. The molecule has 0 heterocycles. The molecule has 1 atom stereocenters. The molecule has 76 heavy (non-hydrogen) atoms. The van der Waals surface area contributed by atoms with E-state index < -0.39 is 12.1 Å². The van der Waals surface area contributed by atoms with Crippen molar-refractivity contribution in [3.63, 3.8) is 0 Å². The van der Waals surface area contributed by atoms with Gasteiger partial charge in [-0.25, -0.2) is 0 Å². The molecule has 0 amide bonds. The minimum Gasteiger partial charge on any atom is -0.462 e. The molecule has 0 N–H and O–H groups in total. The lowest BCUT2D eigenvalue weighted by atomic mass is 10.0. The van der Waals surface area contributed by atoms with Crippen molar-refractivity contribution < 1.29 is 28.6 Å². The number of hydrogen-bond donors (Lipinski definition) is 0. The summed E-state index contributed by atoms with van der Waals surface area (Å²) < 4.78 is 16.7. The Labute approximate surface area is 472 Å². The van der Waals surface area contributed by atoms with Crippen LogP contribution in [0.4, 0.5) is 0 Å². The van der Waals surface area contributed by atoms with Gasteiger partial charge in [-0.3, -0.25) is 14.4 Å². The third kappa shape index (κ3) is 61.7. The molecule has 0 rings (SSSR count). The minimum absolute atomic E-state index is 0.100. The van der Waals surface area contributed by atoms with Crippen LogP contribution in [0.2, 0.25) is 0 Å². The molecule has 0 aromatic carbocycles. The predicted molar refractivity (Wildman–Crippen MR) is 330 cm³/mol. The number of hydrogen-bond acceptors (Lipinski definition) is 6. The van der Waals surface area contributed by atoms with Crippen LogP contribution in [0, 0.1) is 0 Å². The summed E-state index contributed by atoms with van der Waals surface area (Å²) in [6.45, 7) is 6.44. The van der Waals surface area contributed by atoms with E-state index in [0.29, 0.717) is 12.8 Å². The summed E-state index contributed by atoms with van der Waals surface area (Å²) in [6, 6.07) is 0. The molecular formula is C70H124O6. The van der Waals surface area contributed by atoms with Crippen LogP contribution in [0.15, 0.2) is 72.9 Å². The third-order valence-corrected chi connectivity index (χ3v) is 14.5. The van der Waals surface area contributed by atoms with Gasteiger partial charge in [0.25, 0.3) is 0 Å². The molecule has 0 aromatic heterocycles. The number of unbranched alkanes of at least 4 members (excludes halogenated alkanes) is 38. The van der Waals surface area contributed by atoms with E-state index in [9.17, 15) is 14.4 Å². The molecule has 0 aliphatic rings. The van der Waals surface area contributed by atoms with Gasteiger partial charge in [-0.05, 0) is 70.6 Å². The van der Waals surface area contributed by atoms with Gasteiger partial charge in [0, 0.05) is 12.8 Å². The Morgan fingerprint density at radius 3 is 0.855 bits per heavy atom. The molecule has 0 saturated heterocycles.